The first kappa shape index (κ1) is 15.9. The second-order valence-electron chi connectivity index (χ2n) is 4.44. The second kappa shape index (κ2) is 7.00. The maximum atomic E-state index is 13.5. The zero-order valence-corrected chi connectivity index (χ0v) is 12.4. The number of aryl methyl sites for hydroxylation is 1. The minimum absolute atomic E-state index is 0.0394. The molecule has 0 fully saturated rings. The summed E-state index contributed by atoms with van der Waals surface area (Å²) in [5, 5.41) is 2.50. The van der Waals surface area contributed by atoms with Crippen LogP contribution in [0.5, 0.6) is 0 Å². The highest BCUT2D eigenvalue weighted by Crippen LogP contribution is 2.18. The van der Waals surface area contributed by atoms with Crippen molar-refractivity contribution in [3.05, 3.63) is 58.6 Å². The van der Waals surface area contributed by atoms with Gasteiger partial charge in [-0.05, 0) is 37.3 Å². The molecule has 22 heavy (non-hydrogen) atoms. The van der Waals surface area contributed by atoms with Crippen LogP contribution in [-0.2, 0) is 9.53 Å². The molecule has 1 N–H and O–H groups in total. The Labute approximate surface area is 131 Å². The summed E-state index contributed by atoms with van der Waals surface area (Å²) < 4.78 is 18.3. The Morgan fingerprint density at radius 1 is 1.32 bits per heavy atom. The largest absolute Gasteiger partial charge is 0.452 e. The standard InChI is InChI=1S/C15H12ClFN2O3/c1-9-2-3-10(7-18-9)15(21)22-8-14(20)19-13-5-4-11(16)6-12(13)17/h2-7H,8H2,1H3,(H,19,20). The fourth-order valence-corrected chi connectivity index (χ4v) is 1.74. The second-order valence-corrected chi connectivity index (χ2v) is 4.87. The number of nitrogens with zero attached hydrogens (tertiary/aromatic N) is 1. The molecule has 0 saturated heterocycles. The third kappa shape index (κ3) is 4.26. The van der Waals surface area contributed by atoms with Crippen molar-refractivity contribution in [2.24, 2.45) is 0 Å². The molecule has 0 bridgehead atoms. The molecule has 0 unspecified atom stereocenters. The predicted octanol–water partition coefficient (Wildman–Crippen LogP) is 2.98. The number of esters is 1. The van der Waals surface area contributed by atoms with Crippen molar-refractivity contribution in [3.8, 4) is 0 Å². The topological polar surface area (TPSA) is 68.3 Å². The van der Waals surface area contributed by atoms with Crippen molar-refractivity contribution in [3.63, 3.8) is 0 Å². The highest BCUT2D eigenvalue weighted by atomic mass is 35.5. The maximum absolute atomic E-state index is 13.5. The predicted molar refractivity (Wildman–Crippen MR) is 79.3 cm³/mol. The van der Waals surface area contributed by atoms with Gasteiger partial charge in [0.15, 0.2) is 6.61 Å². The van der Waals surface area contributed by atoms with Gasteiger partial charge in [0.05, 0.1) is 11.3 Å². The zero-order valence-electron chi connectivity index (χ0n) is 11.6. The SMILES string of the molecule is Cc1ccc(C(=O)OCC(=O)Nc2ccc(Cl)cc2F)cn1. The first-order valence-electron chi connectivity index (χ1n) is 6.30. The molecule has 0 aliphatic rings. The van der Waals surface area contributed by atoms with Crippen LogP contribution >= 0.6 is 11.6 Å². The lowest BCUT2D eigenvalue weighted by Gasteiger charge is -2.07. The molecule has 0 aliphatic carbocycles. The van der Waals surface area contributed by atoms with Crippen molar-refractivity contribution in [1.82, 2.24) is 4.98 Å². The maximum Gasteiger partial charge on any atom is 0.340 e. The molecule has 1 heterocycles. The molecule has 5 nitrogen and oxygen atoms in total. The number of amides is 1. The molecule has 7 heteroatoms. The average Bonchev–Trinajstić information content (AvgIpc) is 2.48. The van der Waals surface area contributed by atoms with Crippen LogP contribution < -0.4 is 5.32 Å². The molecule has 1 amide bonds. The summed E-state index contributed by atoms with van der Waals surface area (Å²) in [7, 11) is 0. The highest BCUT2D eigenvalue weighted by Gasteiger charge is 2.12. The van der Waals surface area contributed by atoms with E-state index in [1.165, 1.54) is 18.3 Å². The fraction of sp³-hybridized carbons (Fsp3) is 0.133. The van der Waals surface area contributed by atoms with Crippen LogP contribution in [-0.4, -0.2) is 23.5 Å². The normalized spacial score (nSPS) is 10.1. The molecule has 114 valence electrons. The Bertz CT molecular complexity index is 704. The smallest absolute Gasteiger partial charge is 0.340 e. The Kier molecular flexibility index (Phi) is 5.06. The van der Waals surface area contributed by atoms with Gasteiger partial charge in [0.1, 0.15) is 5.82 Å². The van der Waals surface area contributed by atoms with E-state index in [4.69, 9.17) is 16.3 Å². The lowest BCUT2D eigenvalue weighted by Crippen LogP contribution is -2.21. The summed E-state index contributed by atoms with van der Waals surface area (Å²) in [6.45, 7) is 1.25. The minimum Gasteiger partial charge on any atom is -0.452 e. The van der Waals surface area contributed by atoms with Crippen LogP contribution in [0.15, 0.2) is 36.5 Å². The third-order valence-electron chi connectivity index (χ3n) is 2.69. The van der Waals surface area contributed by atoms with Crippen molar-refractivity contribution in [2.45, 2.75) is 6.92 Å². The monoisotopic (exact) mass is 322 g/mol. The number of carbonyl (C=O) groups is 2. The number of halogens is 2. The van der Waals surface area contributed by atoms with E-state index in [0.29, 0.717) is 0 Å². The average molecular weight is 323 g/mol. The van der Waals surface area contributed by atoms with Gasteiger partial charge in [-0.1, -0.05) is 11.6 Å². The Morgan fingerprint density at radius 3 is 2.73 bits per heavy atom. The number of hydrogen-bond donors (Lipinski definition) is 1. The van der Waals surface area contributed by atoms with Crippen LogP contribution in [0, 0.1) is 12.7 Å². The van der Waals surface area contributed by atoms with E-state index in [2.05, 4.69) is 10.3 Å². The summed E-state index contributed by atoms with van der Waals surface area (Å²) >= 11 is 5.61. The Balaban J connectivity index is 1.89. The first-order valence-corrected chi connectivity index (χ1v) is 6.68. The molecular weight excluding hydrogens is 311 g/mol. The number of aromatic nitrogens is 1. The van der Waals surface area contributed by atoms with Gasteiger partial charge in [0, 0.05) is 16.9 Å². The van der Waals surface area contributed by atoms with E-state index in [-0.39, 0.29) is 16.3 Å². The molecular formula is C15H12ClFN2O3. The molecule has 0 spiro atoms. The number of carbonyl (C=O) groups excluding carboxylic acids is 2. The molecule has 1 aromatic heterocycles. The molecule has 1 aromatic carbocycles. The van der Waals surface area contributed by atoms with Gasteiger partial charge in [-0.15, -0.1) is 0 Å². The Hall–Kier alpha value is -2.47. The van der Waals surface area contributed by atoms with E-state index in [9.17, 15) is 14.0 Å². The fourth-order valence-electron chi connectivity index (χ4n) is 1.58. The third-order valence-corrected chi connectivity index (χ3v) is 2.92. The quantitative estimate of drug-likeness (QED) is 0.879. The van der Waals surface area contributed by atoms with Gasteiger partial charge >= 0.3 is 5.97 Å². The van der Waals surface area contributed by atoms with Crippen LogP contribution in [0.2, 0.25) is 5.02 Å². The number of nitrogens with one attached hydrogen (secondary N) is 1. The molecule has 2 aromatic rings. The van der Waals surface area contributed by atoms with Gasteiger partial charge < -0.3 is 10.1 Å². The summed E-state index contributed by atoms with van der Waals surface area (Å²) in [4.78, 5) is 27.3. The Morgan fingerprint density at radius 2 is 2.09 bits per heavy atom. The number of hydrogen-bond acceptors (Lipinski definition) is 4. The summed E-state index contributed by atoms with van der Waals surface area (Å²) in [6, 6.07) is 7.02. The molecule has 2 rings (SSSR count). The van der Waals surface area contributed by atoms with Crippen molar-refractivity contribution >= 4 is 29.2 Å². The number of pyridine rings is 1. The van der Waals surface area contributed by atoms with Gasteiger partial charge in [-0.25, -0.2) is 9.18 Å². The van der Waals surface area contributed by atoms with Gasteiger partial charge in [-0.2, -0.15) is 0 Å². The molecule has 0 atom stereocenters. The molecule has 0 radical (unpaired) electrons. The molecule has 0 aliphatic heterocycles. The van der Waals surface area contributed by atoms with Crippen LogP contribution in [0.4, 0.5) is 10.1 Å². The van der Waals surface area contributed by atoms with E-state index in [0.717, 1.165) is 11.8 Å². The number of ether oxygens (including phenoxy) is 1. The van der Waals surface area contributed by atoms with Crippen LogP contribution in [0.3, 0.4) is 0 Å². The van der Waals surface area contributed by atoms with Crippen molar-refractivity contribution in [2.75, 3.05) is 11.9 Å². The summed E-state index contributed by atoms with van der Waals surface area (Å²) in [5.74, 6) is -2.01. The van der Waals surface area contributed by atoms with Crippen LogP contribution in [0.1, 0.15) is 16.1 Å². The van der Waals surface area contributed by atoms with Gasteiger partial charge in [0.25, 0.3) is 5.91 Å². The highest BCUT2D eigenvalue weighted by molar-refractivity contribution is 6.30. The van der Waals surface area contributed by atoms with Crippen LogP contribution in [0.25, 0.3) is 0 Å². The van der Waals surface area contributed by atoms with Gasteiger partial charge in [0.2, 0.25) is 0 Å². The summed E-state index contributed by atoms with van der Waals surface area (Å²) in [5.41, 5.74) is 0.950. The van der Waals surface area contributed by atoms with Crippen molar-refractivity contribution < 1.29 is 18.7 Å². The van der Waals surface area contributed by atoms with Gasteiger partial charge in [-0.3, -0.25) is 9.78 Å². The van der Waals surface area contributed by atoms with E-state index in [1.807, 2.05) is 0 Å². The number of anilines is 1. The first-order chi connectivity index (χ1) is 10.5. The number of rotatable bonds is 4. The van der Waals surface area contributed by atoms with E-state index < -0.39 is 24.3 Å². The van der Waals surface area contributed by atoms with E-state index >= 15 is 0 Å². The van der Waals surface area contributed by atoms with Crippen molar-refractivity contribution in [1.29, 1.82) is 0 Å². The lowest BCUT2D eigenvalue weighted by molar-refractivity contribution is -0.119. The lowest BCUT2D eigenvalue weighted by atomic mass is 10.2. The molecule has 0 saturated carbocycles. The number of benzene rings is 1. The summed E-state index contributed by atoms with van der Waals surface area (Å²) in [6.07, 6.45) is 1.36. The van der Waals surface area contributed by atoms with E-state index in [1.54, 1.807) is 19.1 Å². The minimum atomic E-state index is -0.681. The zero-order chi connectivity index (χ0) is 16.1.